The zero-order valence-electron chi connectivity index (χ0n) is 11.1. The van der Waals surface area contributed by atoms with Crippen LogP contribution >= 0.6 is 15.9 Å². The van der Waals surface area contributed by atoms with E-state index < -0.39 is 0 Å². The summed E-state index contributed by atoms with van der Waals surface area (Å²) in [6.07, 6.45) is 1.66. The molecule has 1 heterocycles. The van der Waals surface area contributed by atoms with Crippen molar-refractivity contribution in [1.29, 1.82) is 0 Å². The first kappa shape index (κ1) is 14.9. The van der Waals surface area contributed by atoms with E-state index in [0.29, 0.717) is 17.9 Å². The summed E-state index contributed by atoms with van der Waals surface area (Å²) in [5.41, 5.74) is 0.540. The summed E-state index contributed by atoms with van der Waals surface area (Å²) >= 11 is 3.32. The second kappa shape index (κ2) is 6.70. The Balaban J connectivity index is 2.75. The van der Waals surface area contributed by atoms with Crippen LogP contribution in [0.5, 0.6) is 0 Å². The molecule has 1 unspecified atom stereocenters. The Morgan fingerprint density at radius 2 is 2.22 bits per heavy atom. The SMILES string of the molecule is CNc1ncc(Br)cc1C(=O)NCC(C)N(C)C. The second-order valence-electron chi connectivity index (χ2n) is 4.32. The van der Waals surface area contributed by atoms with Gasteiger partial charge in [-0.2, -0.15) is 0 Å². The van der Waals surface area contributed by atoms with E-state index in [0.717, 1.165) is 4.47 Å². The van der Waals surface area contributed by atoms with Crippen molar-refractivity contribution in [1.82, 2.24) is 15.2 Å². The van der Waals surface area contributed by atoms with Gasteiger partial charge in [0.2, 0.25) is 0 Å². The molecule has 0 radical (unpaired) electrons. The Bertz CT molecular complexity index is 423. The molecular formula is C12H19BrN4O. The number of carbonyl (C=O) groups excluding carboxylic acids is 1. The molecule has 0 bridgehead atoms. The highest BCUT2D eigenvalue weighted by atomic mass is 79.9. The molecule has 0 saturated heterocycles. The van der Waals surface area contributed by atoms with Crippen LogP contribution in [-0.2, 0) is 0 Å². The number of amides is 1. The first-order chi connectivity index (χ1) is 8.45. The lowest BCUT2D eigenvalue weighted by Gasteiger charge is -2.20. The minimum atomic E-state index is -0.123. The van der Waals surface area contributed by atoms with Gasteiger partial charge in [0.15, 0.2) is 0 Å². The number of halogens is 1. The smallest absolute Gasteiger partial charge is 0.255 e. The molecular weight excluding hydrogens is 296 g/mol. The number of anilines is 1. The molecule has 0 aliphatic heterocycles. The fraction of sp³-hybridized carbons (Fsp3) is 0.500. The average molecular weight is 315 g/mol. The molecule has 6 heteroatoms. The van der Waals surface area contributed by atoms with Gasteiger partial charge in [0.05, 0.1) is 5.56 Å². The van der Waals surface area contributed by atoms with Gasteiger partial charge in [-0.3, -0.25) is 4.79 Å². The fourth-order valence-corrected chi connectivity index (χ4v) is 1.66. The predicted octanol–water partition coefficient (Wildman–Crippen LogP) is 1.57. The first-order valence-corrected chi connectivity index (χ1v) is 6.53. The van der Waals surface area contributed by atoms with Gasteiger partial charge in [-0.05, 0) is 43.0 Å². The third kappa shape index (κ3) is 3.96. The number of aromatic nitrogens is 1. The summed E-state index contributed by atoms with van der Waals surface area (Å²) in [4.78, 5) is 18.3. The molecule has 0 aliphatic rings. The number of rotatable bonds is 5. The molecule has 0 aromatic carbocycles. The van der Waals surface area contributed by atoms with Crippen molar-refractivity contribution in [2.75, 3.05) is 33.0 Å². The number of hydrogen-bond acceptors (Lipinski definition) is 4. The molecule has 18 heavy (non-hydrogen) atoms. The van der Waals surface area contributed by atoms with Gasteiger partial charge in [-0.15, -0.1) is 0 Å². The van der Waals surface area contributed by atoms with Crippen molar-refractivity contribution in [3.63, 3.8) is 0 Å². The van der Waals surface area contributed by atoms with Crippen molar-refractivity contribution in [2.24, 2.45) is 0 Å². The zero-order chi connectivity index (χ0) is 13.7. The molecule has 5 nitrogen and oxygen atoms in total. The standard InChI is InChI=1S/C12H19BrN4O/c1-8(17(3)4)6-16-12(18)10-5-9(13)7-15-11(10)14-2/h5,7-8H,6H2,1-4H3,(H,14,15)(H,16,18). The molecule has 100 valence electrons. The van der Waals surface area contributed by atoms with Gasteiger partial charge in [-0.25, -0.2) is 4.98 Å². The van der Waals surface area contributed by atoms with Gasteiger partial charge in [0.25, 0.3) is 5.91 Å². The van der Waals surface area contributed by atoms with E-state index >= 15 is 0 Å². The van der Waals surface area contributed by atoms with Gasteiger partial charge < -0.3 is 15.5 Å². The Labute approximate surface area is 116 Å². The Hall–Kier alpha value is -1.14. The fourth-order valence-electron chi connectivity index (χ4n) is 1.33. The summed E-state index contributed by atoms with van der Waals surface area (Å²) < 4.78 is 0.785. The molecule has 1 atom stereocenters. The Morgan fingerprint density at radius 1 is 1.56 bits per heavy atom. The summed E-state index contributed by atoms with van der Waals surface area (Å²) in [6.45, 7) is 2.65. The number of pyridine rings is 1. The lowest BCUT2D eigenvalue weighted by molar-refractivity contribution is 0.0944. The van der Waals surface area contributed by atoms with E-state index in [2.05, 4.69) is 43.4 Å². The number of carbonyl (C=O) groups is 1. The molecule has 1 amide bonds. The van der Waals surface area contributed by atoms with Crippen molar-refractivity contribution in [2.45, 2.75) is 13.0 Å². The van der Waals surface area contributed by atoms with Crippen LogP contribution < -0.4 is 10.6 Å². The van der Waals surface area contributed by atoms with E-state index in [-0.39, 0.29) is 11.9 Å². The van der Waals surface area contributed by atoms with Crippen molar-refractivity contribution >= 4 is 27.7 Å². The average Bonchev–Trinajstić information content (AvgIpc) is 2.35. The van der Waals surface area contributed by atoms with Gasteiger partial charge in [-0.1, -0.05) is 0 Å². The molecule has 0 fully saturated rings. The molecule has 0 aliphatic carbocycles. The molecule has 0 spiro atoms. The van der Waals surface area contributed by atoms with Crippen LogP contribution in [0.2, 0.25) is 0 Å². The molecule has 0 saturated carbocycles. The number of nitrogens with zero attached hydrogens (tertiary/aromatic N) is 2. The van der Waals surface area contributed by atoms with Crippen LogP contribution in [0.25, 0.3) is 0 Å². The highest BCUT2D eigenvalue weighted by Crippen LogP contribution is 2.17. The minimum Gasteiger partial charge on any atom is -0.372 e. The first-order valence-electron chi connectivity index (χ1n) is 5.73. The number of nitrogens with one attached hydrogen (secondary N) is 2. The summed E-state index contributed by atoms with van der Waals surface area (Å²) in [5.74, 6) is 0.454. The maximum atomic E-state index is 12.1. The molecule has 1 rings (SSSR count). The van der Waals surface area contributed by atoms with Gasteiger partial charge in [0.1, 0.15) is 5.82 Å². The van der Waals surface area contributed by atoms with Crippen LogP contribution in [0.3, 0.4) is 0 Å². The third-order valence-electron chi connectivity index (χ3n) is 2.78. The van der Waals surface area contributed by atoms with E-state index in [1.807, 2.05) is 14.1 Å². The minimum absolute atomic E-state index is 0.123. The summed E-state index contributed by atoms with van der Waals surface area (Å²) in [6, 6.07) is 2.04. The Morgan fingerprint density at radius 3 is 2.78 bits per heavy atom. The molecule has 1 aromatic rings. The van der Waals surface area contributed by atoms with E-state index in [4.69, 9.17) is 0 Å². The quantitative estimate of drug-likeness (QED) is 0.866. The largest absolute Gasteiger partial charge is 0.372 e. The van der Waals surface area contributed by atoms with Crippen molar-refractivity contribution < 1.29 is 4.79 Å². The highest BCUT2D eigenvalue weighted by molar-refractivity contribution is 9.10. The lowest BCUT2D eigenvalue weighted by Crippen LogP contribution is -2.38. The normalized spacial score (nSPS) is 12.3. The lowest BCUT2D eigenvalue weighted by atomic mass is 10.2. The molecule has 2 N–H and O–H groups in total. The second-order valence-corrected chi connectivity index (χ2v) is 5.24. The van der Waals surface area contributed by atoms with Crippen molar-refractivity contribution in [3.05, 3.63) is 22.3 Å². The van der Waals surface area contributed by atoms with E-state index in [1.165, 1.54) is 0 Å². The highest BCUT2D eigenvalue weighted by Gasteiger charge is 2.14. The van der Waals surface area contributed by atoms with Crippen LogP contribution in [0.1, 0.15) is 17.3 Å². The number of hydrogen-bond donors (Lipinski definition) is 2. The predicted molar refractivity (Wildman–Crippen MR) is 77.0 cm³/mol. The van der Waals surface area contributed by atoms with Crippen LogP contribution in [0, 0.1) is 0 Å². The van der Waals surface area contributed by atoms with Crippen molar-refractivity contribution in [3.8, 4) is 0 Å². The number of likely N-dealkylation sites (N-methyl/N-ethyl adjacent to an activating group) is 1. The van der Waals surface area contributed by atoms with E-state index in [9.17, 15) is 4.79 Å². The Kier molecular flexibility index (Phi) is 5.55. The van der Waals surface area contributed by atoms with Gasteiger partial charge in [0, 0.05) is 30.3 Å². The third-order valence-corrected chi connectivity index (χ3v) is 3.21. The van der Waals surface area contributed by atoms with Crippen LogP contribution in [0.15, 0.2) is 16.7 Å². The summed E-state index contributed by atoms with van der Waals surface area (Å²) in [7, 11) is 5.71. The molecule has 1 aromatic heterocycles. The van der Waals surface area contributed by atoms with Gasteiger partial charge >= 0.3 is 0 Å². The van der Waals surface area contributed by atoms with E-state index in [1.54, 1.807) is 19.3 Å². The monoisotopic (exact) mass is 314 g/mol. The van der Waals surface area contributed by atoms with Crippen LogP contribution in [0.4, 0.5) is 5.82 Å². The maximum Gasteiger partial charge on any atom is 0.255 e. The topological polar surface area (TPSA) is 57.3 Å². The maximum absolute atomic E-state index is 12.1. The summed E-state index contributed by atoms with van der Waals surface area (Å²) in [5, 5.41) is 5.81. The van der Waals surface area contributed by atoms with Crippen LogP contribution in [-0.4, -0.2) is 49.5 Å². The zero-order valence-corrected chi connectivity index (χ0v) is 12.7.